The van der Waals surface area contributed by atoms with Crippen LogP contribution in [0.25, 0.3) is 44.1 Å². The van der Waals surface area contributed by atoms with Gasteiger partial charge in [-0.15, -0.1) is 0 Å². The summed E-state index contributed by atoms with van der Waals surface area (Å²) in [6.07, 6.45) is 0. The lowest BCUT2D eigenvalue weighted by atomic mass is 10.0. The number of rotatable bonds is 6. The highest BCUT2D eigenvalue weighted by atomic mass is 19.2. The van der Waals surface area contributed by atoms with Gasteiger partial charge in [0.15, 0.2) is 5.82 Å². The number of benzene rings is 4. The minimum atomic E-state index is -2.87. The molecule has 42 heavy (non-hydrogen) atoms. The quantitative estimate of drug-likeness (QED) is 0.120. The van der Waals surface area contributed by atoms with Gasteiger partial charge in [0.1, 0.15) is 5.49 Å². The third kappa shape index (κ3) is 5.08. The van der Waals surface area contributed by atoms with E-state index >= 15 is 0 Å². The lowest BCUT2D eigenvalue weighted by molar-refractivity contribution is -0.385. The van der Waals surface area contributed by atoms with Crippen molar-refractivity contribution < 1.29 is 18.5 Å². The van der Waals surface area contributed by atoms with Gasteiger partial charge in [-0.1, -0.05) is 12.1 Å². The van der Waals surface area contributed by atoms with E-state index in [2.05, 4.69) is 9.98 Å². The van der Waals surface area contributed by atoms with Crippen molar-refractivity contribution in [1.29, 1.82) is 0 Å². The van der Waals surface area contributed by atoms with Crippen LogP contribution in [0.2, 0.25) is 0 Å². The maximum atomic E-state index is 14.3. The summed E-state index contributed by atoms with van der Waals surface area (Å²) in [7, 11) is -2.87. The Morgan fingerprint density at radius 3 is 1.74 bits per heavy atom. The lowest BCUT2D eigenvalue weighted by Gasteiger charge is -2.11. The average molecular weight is 561 g/mol. The number of hydrogen-bond donors (Lipinski definition) is 0. The first-order valence-electron chi connectivity index (χ1n) is 12.7. The molecule has 0 spiro atoms. The Kier molecular flexibility index (Phi) is 6.71. The van der Waals surface area contributed by atoms with Gasteiger partial charge in [-0.05, 0) is 100 Å². The standard InChI is InChI=1S/C30H18BF2N5O4/c32-31(33)36-28-14-6-22(20-3-11-26(12-4-20)38(41)42)18-24(28)8-16-30(36)35-29-15-7-23-17-21(5-13-27(23)34-29)19-1-9-25(10-2-19)37(39)40/h1-18H. The molecule has 6 aromatic rings. The zero-order chi connectivity index (χ0) is 29.4. The van der Waals surface area contributed by atoms with E-state index < -0.39 is 17.2 Å². The van der Waals surface area contributed by atoms with E-state index in [0.29, 0.717) is 10.9 Å². The Morgan fingerprint density at radius 1 is 0.643 bits per heavy atom. The van der Waals surface area contributed by atoms with Crippen LogP contribution in [0.15, 0.2) is 114 Å². The molecule has 0 fully saturated rings. The molecule has 6 rings (SSSR count). The van der Waals surface area contributed by atoms with Crippen LogP contribution in [0.1, 0.15) is 0 Å². The summed E-state index contributed by atoms with van der Waals surface area (Å²) in [5.74, 6) is 0.252. The highest BCUT2D eigenvalue weighted by Crippen LogP contribution is 2.28. The second kappa shape index (κ2) is 10.7. The summed E-state index contributed by atoms with van der Waals surface area (Å²) in [6.45, 7) is 0. The Bertz CT molecular complexity index is 2080. The average Bonchev–Trinajstić information content (AvgIpc) is 3.00. The molecule has 0 bridgehead atoms. The third-order valence-electron chi connectivity index (χ3n) is 6.87. The van der Waals surface area contributed by atoms with Crippen molar-refractivity contribution in [2.45, 2.75) is 0 Å². The number of nitrogens with zero attached hydrogens (tertiary/aromatic N) is 5. The van der Waals surface area contributed by atoms with Gasteiger partial charge in [0.05, 0.1) is 15.4 Å². The lowest BCUT2D eigenvalue weighted by Crippen LogP contribution is -2.29. The van der Waals surface area contributed by atoms with E-state index in [0.717, 1.165) is 32.1 Å². The van der Waals surface area contributed by atoms with Gasteiger partial charge in [0, 0.05) is 35.2 Å². The zero-order valence-corrected chi connectivity index (χ0v) is 21.6. The molecule has 0 radical (unpaired) electrons. The van der Waals surface area contributed by atoms with E-state index in [9.17, 15) is 28.9 Å². The van der Waals surface area contributed by atoms with Gasteiger partial charge < -0.3 is 4.48 Å². The maximum absolute atomic E-state index is 14.3. The van der Waals surface area contributed by atoms with Crippen molar-refractivity contribution in [1.82, 2.24) is 9.46 Å². The fraction of sp³-hybridized carbons (Fsp3) is 0. The second-order valence-electron chi connectivity index (χ2n) is 9.41. The Hall–Kier alpha value is -5.78. The summed E-state index contributed by atoms with van der Waals surface area (Å²) in [4.78, 5) is 29.9. The number of non-ortho nitro benzene ring substituents is 2. The molecule has 0 N–H and O–H groups in total. The van der Waals surface area contributed by atoms with Gasteiger partial charge in [0.2, 0.25) is 0 Å². The summed E-state index contributed by atoms with van der Waals surface area (Å²) in [6, 6.07) is 29.4. The molecule has 9 nitrogen and oxygen atoms in total. The Labute approximate surface area is 236 Å². The number of halogens is 2. The predicted molar refractivity (Wildman–Crippen MR) is 156 cm³/mol. The largest absolute Gasteiger partial charge is 0.679 e. The molecule has 0 aliphatic carbocycles. The molecule has 0 atom stereocenters. The van der Waals surface area contributed by atoms with Crippen LogP contribution in [0.3, 0.4) is 0 Å². The van der Waals surface area contributed by atoms with Gasteiger partial charge >= 0.3 is 7.40 Å². The Balaban J connectivity index is 1.36. The molecule has 0 unspecified atom stereocenters. The number of hydrogen-bond acceptors (Lipinski definition) is 6. The molecular weight excluding hydrogens is 543 g/mol. The minimum absolute atomic E-state index is 0.00659. The fourth-order valence-corrected chi connectivity index (χ4v) is 4.78. The van der Waals surface area contributed by atoms with Crippen molar-refractivity contribution >= 4 is 46.4 Å². The molecule has 0 saturated carbocycles. The van der Waals surface area contributed by atoms with E-state index in [1.54, 1.807) is 66.7 Å². The van der Waals surface area contributed by atoms with Crippen molar-refractivity contribution in [2.24, 2.45) is 4.99 Å². The molecule has 0 amide bonds. The number of fused-ring (bicyclic) bond motifs is 2. The normalized spacial score (nSPS) is 11.6. The Morgan fingerprint density at radius 2 is 1.17 bits per heavy atom. The van der Waals surface area contributed by atoms with Crippen LogP contribution in [-0.4, -0.2) is 26.7 Å². The van der Waals surface area contributed by atoms with Crippen LogP contribution >= 0.6 is 0 Å². The van der Waals surface area contributed by atoms with Gasteiger partial charge in [-0.2, -0.15) is 0 Å². The summed E-state index contributed by atoms with van der Waals surface area (Å²) >= 11 is 0. The molecule has 12 heteroatoms. The number of aromatic nitrogens is 2. The molecule has 2 aromatic heterocycles. The van der Waals surface area contributed by atoms with Crippen LogP contribution in [0.5, 0.6) is 0 Å². The number of pyridine rings is 2. The molecule has 204 valence electrons. The summed E-state index contributed by atoms with van der Waals surface area (Å²) in [5.41, 5.74) is 3.98. The fourth-order valence-electron chi connectivity index (χ4n) is 4.78. The van der Waals surface area contributed by atoms with Crippen molar-refractivity contribution in [2.75, 3.05) is 0 Å². The third-order valence-corrected chi connectivity index (χ3v) is 6.87. The minimum Gasteiger partial charge on any atom is -0.310 e. The molecule has 0 aliphatic heterocycles. The predicted octanol–water partition coefficient (Wildman–Crippen LogP) is 7.34. The van der Waals surface area contributed by atoms with Crippen molar-refractivity contribution in [3.05, 3.63) is 135 Å². The van der Waals surface area contributed by atoms with Gasteiger partial charge in [0.25, 0.3) is 11.4 Å². The SMILES string of the molecule is O=[N+]([O-])c1ccc(-c2ccc3nc(N=c4ccc5cc(-c6ccc([N+](=O)[O-])cc6)ccc5n4B(F)F)ccc3c2)cc1. The molecule has 2 heterocycles. The summed E-state index contributed by atoms with van der Waals surface area (Å²) < 4.78 is 29.5. The van der Waals surface area contributed by atoms with Gasteiger partial charge in [-0.25, -0.2) is 9.98 Å². The summed E-state index contributed by atoms with van der Waals surface area (Å²) in [5, 5.41) is 23.2. The van der Waals surface area contributed by atoms with Crippen molar-refractivity contribution in [3.63, 3.8) is 0 Å². The first kappa shape index (κ1) is 26.4. The van der Waals surface area contributed by atoms with Crippen LogP contribution in [-0.2, 0) is 0 Å². The highest BCUT2D eigenvalue weighted by Gasteiger charge is 2.20. The number of nitro benzene ring substituents is 2. The zero-order valence-electron chi connectivity index (χ0n) is 21.6. The maximum Gasteiger partial charge on any atom is 0.679 e. The molecule has 0 saturated heterocycles. The van der Waals surface area contributed by atoms with Crippen molar-refractivity contribution in [3.8, 4) is 22.3 Å². The molecular formula is C30H18BF2N5O4. The monoisotopic (exact) mass is 561 g/mol. The highest BCUT2D eigenvalue weighted by molar-refractivity contribution is 6.42. The van der Waals surface area contributed by atoms with Crippen LogP contribution in [0, 0.1) is 20.2 Å². The number of nitro groups is 2. The van der Waals surface area contributed by atoms with Crippen LogP contribution in [0.4, 0.5) is 25.8 Å². The smallest absolute Gasteiger partial charge is 0.310 e. The van der Waals surface area contributed by atoms with E-state index in [4.69, 9.17) is 0 Å². The van der Waals surface area contributed by atoms with E-state index in [1.165, 1.54) is 30.3 Å². The van der Waals surface area contributed by atoms with Crippen LogP contribution < -0.4 is 5.49 Å². The van der Waals surface area contributed by atoms with E-state index in [-0.39, 0.29) is 28.2 Å². The first-order valence-corrected chi connectivity index (χ1v) is 12.7. The van der Waals surface area contributed by atoms with E-state index in [1.807, 2.05) is 12.1 Å². The van der Waals surface area contributed by atoms with Gasteiger partial charge in [-0.3, -0.25) is 28.9 Å². The second-order valence-corrected chi connectivity index (χ2v) is 9.41. The topological polar surface area (TPSA) is 116 Å². The molecule has 0 aliphatic rings. The first-order chi connectivity index (χ1) is 20.3. The molecule has 4 aromatic carbocycles.